The fraction of sp³-hybridized carbons (Fsp3) is 0.0169. The molecular formula is C59H39NS. The van der Waals surface area contributed by atoms with E-state index in [1.165, 1.54) is 86.6 Å². The Hall–Kier alpha value is -7.52. The van der Waals surface area contributed by atoms with Gasteiger partial charge >= 0.3 is 0 Å². The summed E-state index contributed by atoms with van der Waals surface area (Å²) in [5, 5.41) is 5.14. The van der Waals surface area contributed by atoms with Gasteiger partial charge in [-0.05, 0) is 109 Å². The number of rotatable bonds is 7. The van der Waals surface area contributed by atoms with Crippen LogP contribution in [0, 0.1) is 0 Å². The zero-order chi connectivity index (χ0) is 40.3. The van der Waals surface area contributed by atoms with Crippen molar-refractivity contribution < 1.29 is 0 Å². The van der Waals surface area contributed by atoms with Gasteiger partial charge in [-0.2, -0.15) is 0 Å². The van der Waals surface area contributed by atoms with Crippen LogP contribution >= 0.6 is 11.3 Å². The normalized spacial score (nSPS) is 12.7. The Bertz CT molecular complexity index is 3360. The molecule has 2 heteroatoms. The van der Waals surface area contributed by atoms with Crippen molar-refractivity contribution in [2.75, 3.05) is 4.90 Å². The van der Waals surface area contributed by atoms with E-state index < -0.39 is 5.41 Å². The number of fused-ring (bicyclic) bond motifs is 7. The van der Waals surface area contributed by atoms with Crippen molar-refractivity contribution in [2.45, 2.75) is 5.41 Å². The van der Waals surface area contributed by atoms with E-state index in [1.807, 2.05) is 11.3 Å². The summed E-state index contributed by atoms with van der Waals surface area (Å²) in [5.74, 6) is 0. The molecule has 0 atom stereocenters. The summed E-state index contributed by atoms with van der Waals surface area (Å²) in [6.45, 7) is 0. The summed E-state index contributed by atoms with van der Waals surface area (Å²) in [5.41, 5.74) is 15.4. The van der Waals surface area contributed by atoms with Crippen LogP contribution in [-0.4, -0.2) is 0 Å². The third-order valence-electron chi connectivity index (χ3n) is 12.8. The van der Waals surface area contributed by atoms with Crippen LogP contribution in [0.3, 0.4) is 0 Å². The van der Waals surface area contributed by atoms with Crippen LogP contribution in [0.5, 0.6) is 0 Å². The maximum Gasteiger partial charge on any atom is 0.0714 e. The van der Waals surface area contributed by atoms with Gasteiger partial charge < -0.3 is 4.90 Å². The molecule has 0 saturated carbocycles. The highest BCUT2D eigenvalue weighted by atomic mass is 32.1. The summed E-state index contributed by atoms with van der Waals surface area (Å²) in [7, 11) is 0. The quantitative estimate of drug-likeness (QED) is 0.155. The Labute approximate surface area is 360 Å². The number of thiophene rings is 1. The molecule has 1 aliphatic carbocycles. The smallest absolute Gasteiger partial charge is 0.0714 e. The Balaban J connectivity index is 1.05. The van der Waals surface area contributed by atoms with E-state index in [-0.39, 0.29) is 0 Å². The van der Waals surface area contributed by atoms with Crippen LogP contribution in [0.15, 0.2) is 237 Å². The zero-order valence-corrected chi connectivity index (χ0v) is 34.2. The minimum absolute atomic E-state index is 0.499. The van der Waals surface area contributed by atoms with E-state index in [9.17, 15) is 0 Å². The summed E-state index contributed by atoms with van der Waals surface area (Å²) in [6, 6.07) is 87.3. The minimum atomic E-state index is -0.499. The molecule has 61 heavy (non-hydrogen) atoms. The van der Waals surface area contributed by atoms with Gasteiger partial charge in [0.05, 0.1) is 5.41 Å². The van der Waals surface area contributed by atoms with E-state index in [0.29, 0.717) is 0 Å². The number of hydrogen-bond donors (Lipinski definition) is 0. The molecule has 0 radical (unpaired) electrons. The summed E-state index contributed by atoms with van der Waals surface area (Å²) < 4.78 is 2.65. The molecule has 0 amide bonds. The Morgan fingerprint density at radius 2 is 0.836 bits per heavy atom. The van der Waals surface area contributed by atoms with E-state index in [1.54, 1.807) is 0 Å². The van der Waals surface area contributed by atoms with Crippen LogP contribution in [0.4, 0.5) is 17.1 Å². The van der Waals surface area contributed by atoms with Gasteiger partial charge in [-0.3, -0.25) is 0 Å². The molecule has 0 bridgehead atoms. The summed E-state index contributed by atoms with van der Waals surface area (Å²) >= 11 is 1.88. The van der Waals surface area contributed by atoms with Gasteiger partial charge in [0, 0.05) is 37.2 Å². The molecule has 10 aromatic carbocycles. The van der Waals surface area contributed by atoms with Crippen molar-refractivity contribution >= 4 is 59.3 Å². The monoisotopic (exact) mass is 793 g/mol. The van der Waals surface area contributed by atoms with Gasteiger partial charge in [0.25, 0.3) is 0 Å². The fourth-order valence-corrected chi connectivity index (χ4v) is 11.3. The van der Waals surface area contributed by atoms with E-state index in [4.69, 9.17) is 0 Å². The van der Waals surface area contributed by atoms with Crippen LogP contribution < -0.4 is 4.90 Å². The van der Waals surface area contributed by atoms with Crippen LogP contribution in [0.1, 0.15) is 22.3 Å². The SMILES string of the molecule is c1ccc(C2(c3ccccc3)c3ccccc3-c3ccc(N(c4ccc(-c5cccc6ccccc56)cc4)c4ccc(-c5cccc6c5sc5ccccc56)cc4)cc32)cc1. The van der Waals surface area contributed by atoms with Crippen molar-refractivity contribution in [3.05, 3.63) is 259 Å². The predicted octanol–water partition coefficient (Wildman–Crippen LogP) is 16.4. The first kappa shape index (κ1) is 35.4. The van der Waals surface area contributed by atoms with Gasteiger partial charge in [-0.25, -0.2) is 0 Å². The number of nitrogens with zero attached hydrogens (tertiary/aromatic N) is 1. The Morgan fingerprint density at radius 1 is 0.328 bits per heavy atom. The maximum absolute atomic E-state index is 2.46. The second-order valence-electron chi connectivity index (χ2n) is 16.0. The molecule has 0 saturated heterocycles. The molecule has 1 heterocycles. The van der Waals surface area contributed by atoms with Crippen molar-refractivity contribution in [1.82, 2.24) is 0 Å². The van der Waals surface area contributed by atoms with Crippen molar-refractivity contribution in [2.24, 2.45) is 0 Å². The number of benzene rings is 10. The molecule has 12 rings (SSSR count). The lowest BCUT2D eigenvalue weighted by Gasteiger charge is -2.35. The van der Waals surface area contributed by atoms with Gasteiger partial charge in [-0.1, -0.05) is 194 Å². The third kappa shape index (κ3) is 5.60. The predicted molar refractivity (Wildman–Crippen MR) is 260 cm³/mol. The average Bonchev–Trinajstić information content (AvgIpc) is 3.86. The Morgan fingerprint density at radius 3 is 1.57 bits per heavy atom. The van der Waals surface area contributed by atoms with Crippen LogP contribution in [-0.2, 0) is 5.41 Å². The first-order valence-electron chi connectivity index (χ1n) is 21.0. The lowest BCUT2D eigenvalue weighted by Crippen LogP contribution is -2.28. The van der Waals surface area contributed by atoms with Gasteiger partial charge in [0.1, 0.15) is 0 Å². The second-order valence-corrected chi connectivity index (χ2v) is 17.0. The fourth-order valence-electron chi connectivity index (χ4n) is 10.1. The lowest BCUT2D eigenvalue weighted by molar-refractivity contribution is 0.768. The first-order chi connectivity index (χ1) is 30.3. The molecule has 1 aromatic heterocycles. The molecule has 0 N–H and O–H groups in total. The second kappa shape index (κ2) is 14.3. The van der Waals surface area contributed by atoms with Crippen molar-refractivity contribution in [3.8, 4) is 33.4 Å². The minimum Gasteiger partial charge on any atom is -0.310 e. The molecule has 1 nitrogen and oxygen atoms in total. The highest BCUT2D eigenvalue weighted by Gasteiger charge is 2.46. The van der Waals surface area contributed by atoms with Gasteiger partial charge in [-0.15, -0.1) is 11.3 Å². The highest BCUT2D eigenvalue weighted by molar-refractivity contribution is 7.26. The lowest BCUT2D eigenvalue weighted by atomic mass is 9.67. The molecule has 0 unspecified atom stereocenters. The van der Waals surface area contributed by atoms with Crippen molar-refractivity contribution in [3.63, 3.8) is 0 Å². The standard InChI is InChI=1S/C59H39NS/c1-3-17-43(18-4-1)59(44-19-5-2-6-20-44)55-27-11-9-22-51(55)52-38-37-47(39-56(52)59)60(45-33-29-41(30-34-45)49-24-13-16-40-15-7-8-21-48(40)49)46-35-31-42(32-36-46)50-25-14-26-54-53-23-10-12-28-57(53)61-58(50)54/h1-39H. The molecule has 0 spiro atoms. The molecule has 0 aliphatic heterocycles. The van der Waals surface area contributed by atoms with E-state index in [2.05, 4.69) is 241 Å². The highest BCUT2D eigenvalue weighted by Crippen LogP contribution is 2.57. The van der Waals surface area contributed by atoms with Crippen LogP contribution in [0.25, 0.3) is 64.3 Å². The zero-order valence-electron chi connectivity index (χ0n) is 33.4. The third-order valence-corrected chi connectivity index (χ3v) is 14.0. The topological polar surface area (TPSA) is 3.24 Å². The molecule has 286 valence electrons. The molecule has 0 fully saturated rings. The van der Waals surface area contributed by atoms with E-state index in [0.717, 1.165) is 17.1 Å². The number of anilines is 3. The van der Waals surface area contributed by atoms with Gasteiger partial charge in [0.15, 0.2) is 0 Å². The molecule has 11 aromatic rings. The molecule has 1 aliphatic rings. The van der Waals surface area contributed by atoms with E-state index >= 15 is 0 Å². The summed E-state index contributed by atoms with van der Waals surface area (Å²) in [6.07, 6.45) is 0. The Kier molecular flexibility index (Phi) is 8.33. The van der Waals surface area contributed by atoms with Gasteiger partial charge in [0.2, 0.25) is 0 Å². The maximum atomic E-state index is 2.46. The molecular weight excluding hydrogens is 755 g/mol. The average molecular weight is 794 g/mol. The number of hydrogen-bond acceptors (Lipinski definition) is 2. The van der Waals surface area contributed by atoms with Crippen molar-refractivity contribution in [1.29, 1.82) is 0 Å². The van der Waals surface area contributed by atoms with Crippen LogP contribution in [0.2, 0.25) is 0 Å². The largest absolute Gasteiger partial charge is 0.310 e. The first-order valence-corrected chi connectivity index (χ1v) is 21.8. The summed E-state index contributed by atoms with van der Waals surface area (Å²) in [4.78, 5) is 2.43.